The maximum Gasteiger partial charge on any atom is 0.328 e. The number of carboxylic acids is 1. The first-order chi connectivity index (χ1) is 8.97. The average molecular weight is 282 g/mol. The van der Waals surface area contributed by atoms with Gasteiger partial charge in [-0.1, -0.05) is 24.6 Å². The minimum Gasteiger partial charge on any atom is -0.478 e. The van der Waals surface area contributed by atoms with Crippen LogP contribution >= 0.6 is 11.6 Å². The van der Waals surface area contributed by atoms with E-state index in [9.17, 15) is 4.79 Å². The highest BCUT2D eigenvalue weighted by molar-refractivity contribution is 6.32. The predicted molar refractivity (Wildman–Crippen MR) is 80.9 cm³/mol. The van der Waals surface area contributed by atoms with Crippen LogP contribution in [0.4, 0.5) is 5.69 Å². The minimum atomic E-state index is -0.975. The fourth-order valence-electron chi connectivity index (χ4n) is 1.99. The monoisotopic (exact) mass is 281 g/mol. The lowest BCUT2D eigenvalue weighted by molar-refractivity contribution is -0.131. The van der Waals surface area contributed by atoms with E-state index in [-0.39, 0.29) is 0 Å². The molecule has 104 valence electrons. The van der Waals surface area contributed by atoms with E-state index in [1.54, 1.807) is 12.1 Å². The first kappa shape index (κ1) is 15.6. The van der Waals surface area contributed by atoms with E-state index < -0.39 is 5.97 Å². The molecule has 0 saturated heterocycles. The molecular weight excluding hydrogens is 262 g/mol. The molecule has 0 aliphatic carbocycles. The molecule has 0 saturated carbocycles. The van der Waals surface area contributed by atoms with Crippen molar-refractivity contribution in [1.82, 2.24) is 0 Å². The van der Waals surface area contributed by atoms with Crippen LogP contribution in [0, 0.1) is 0 Å². The molecule has 0 radical (unpaired) electrons. The van der Waals surface area contributed by atoms with Gasteiger partial charge in [0.05, 0.1) is 0 Å². The molecule has 0 unspecified atom stereocenters. The Balaban J connectivity index is 3.25. The molecule has 0 aliphatic rings. The van der Waals surface area contributed by atoms with Crippen molar-refractivity contribution in [3.63, 3.8) is 0 Å². The second-order valence-electron chi connectivity index (χ2n) is 4.63. The Labute approximate surface area is 119 Å². The molecule has 19 heavy (non-hydrogen) atoms. The van der Waals surface area contributed by atoms with Crippen molar-refractivity contribution in [2.75, 3.05) is 11.4 Å². The lowest BCUT2D eigenvalue weighted by atomic mass is 10.1. The number of anilines is 1. The molecule has 1 aromatic rings. The number of nitrogens with zero attached hydrogens (tertiary/aromatic N) is 1. The zero-order valence-corrected chi connectivity index (χ0v) is 12.3. The number of hydrogen-bond donors (Lipinski definition) is 1. The second-order valence-corrected chi connectivity index (χ2v) is 5.04. The zero-order chi connectivity index (χ0) is 14.4. The van der Waals surface area contributed by atoms with Crippen molar-refractivity contribution in [3.05, 3.63) is 34.9 Å². The highest BCUT2D eigenvalue weighted by Gasteiger charge is 2.14. The topological polar surface area (TPSA) is 40.5 Å². The molecule has 4 heteroatoms. The Morgan fingerprint density at radius 1 is 1.47 bits per heavy atom. The van der Waals surface area contributed by atoms with Gasteiger partial charge in [0.2, 0.25) is 0 Å². The summed E-state index contributed by atoms with van der Waals surface area (Å²) in [5.41, 5.74) is 1.73. The number of aliphatic carboxylic acids is 1. The standard InChI is InChI=1S/C15H20ClNO2/c1-4-10-17(11(2)3)14-7-5-6-13(16)12(14)8-9-15(18)19/h5-9,11H,4,10H2,1-3H3,(H,18,19)/b9-8+. The van der Waals surface area contributed by atoms with Crippen LogP contribution in [0.5, 0.6) is 0 Å². The third-order valence-corrected chi connectivity index (χ3v) is 3.15. The summed E-state index contributed by atoms with van der Waals surface area (Å²) in [6.45, 7) is 7.25. The van der Waals surface area contributed by atoms with Crippen LogP contribution in [-0.4, -0.2) is 23.7 Å². The van der Waals surface area contributed by atoms with E-state index in [2.05, 4.69) is 25.7 Å². The molecule has 0 amide bonds. The van der Waals surface area contributed by atoms with Gasteiger partial charge < -0.3 is 10.0 Å². The van der Waals surface area contributed by atoms with E-state index in [1.165, 1.54) is 0 Å². The van der Waals surface area contributed by atoms with Crippen molar-refractivity contribution in [2.45, 2.75) is 33.2 Å². The van der Waals surface area contributed by atoms with Gasteiger partial charge in [0.25, 0.3) is 0 Å². The Kier molecular flexibility index (Phi) is 5.90. The van der Waals surface area contributed by atoms with Crippen LogP contribution in [0.25, 0.3) is 6.08 Å². The Morgan fingerprint density at radius 2 is 2.16 bits per heavy atom. The highest BCUT2D eigenvalue weighted by Crippen LogP contribution is 2.30. The van der Waals surface area contributed by atoms with Crippen molar-refractivity contribution in [3.8, 4) is 0 Å². The normalized spacial score (nSPS) is 11.2. The molecule has 3 nitrogen and oxygen atoms in total. The van der Waals surface area contributed by atoms with Crippen molar-refractivity contribution >= 4 is 29.3 Å². The van der Waals surface area contributed by atoms with E-state index >= 15 is 0 Å². The first-order valence-electron chi connectivity index (χ1n) is 6.43. The fraction of sp³-hybridized carbons (Fsp3) is 0.400. The Hall–Kier alpha value is -1.48. The lowest BCUT2D eigenvalue weighted by Gasteiger charge is -2.30. The minimum absolute atomic E-state index is 0.329. The van der Waals surface area contributed by atoms with Gasteiger partial charge in [-0.2, -0.15) is 0 Å². The molecular formula is C15H20ClNO2. The van der Waals surface area contributed by atoms with Crippen molar-refractivity contribution < 1.29 is 9.90 Å². The van der Waals surface area contributed by atoms with Gasteiger partial charge >= 0.3 is 5.97 Å². The molecule has 0 heterocycles. The lowest BCUT2D eigenvalue weighted by Crippen LogP contribution is -2.32. The van der Waals surface area contributed by atoms with Crippen LogP contribution in [0.15, 0.2) is 24.3 Å². The molecule has 0 bridgehead atoms. The summed E-state index contributed by atoms with van der Waals surface area (Å²) in [6, 6.07) is 5.97. The maximum absolute atomic E-state index is 10.7. The van der Waals surface area contributed by atoms with Gasteiger partial charge in [-0.25, -0.2) is 4.79 Å². The van der Waals surface area contributed by atoms with E-state index in [0.29, 0.717) is 11.1 Å². The first-order valence-corrected chi connectivity index (χ1v) is 6.81. The Bertz CT molecular complexity index is 469. The van der Waals surface area contributed by atoms with E-state index in [0.717, 1.165) is 30.3 Å². The van der Waals surface area contributed by atoms with Crippen molar-refractivity contribution in [2.24, 2.45) is 0 Å². The van der Waals surface area contributed by atoms with Gasteiger partial charge in [-0.15, -0.1) is 0 Å². The van der Waals surface area contributed by atoms with Crippen LogP contribution in [0.1, 0.15) is 32.8 Å². The van der Waals surface area contributed by atoms with Gasteiger partial charge in [0.1, 0.15) is 0 Å². The largest absolute Gasteiger partial charge is 0.478 e. The molecule has 0 spiro atoms. The van der Waals surface area contributed by atoms with Gasteiger partial charge in [0.15, 0.2) is 0 Å². The molecule has 1 N–H and O–H groups in total. The summed E-state index contributed by atoms with van der Waals surface area (Å²) in [4.78, 5) is 12.9. The molecule has 1 rings (SSSR count). The Morgan fingerprint density at radius 3 is 2.68 bits per heavy atom. The molecule has 0 fully saturated rings. The van der Waals surface area contributed by atoms with Gasteiger partial charge in [-0.3, -0.25) is 0 Å². The summed E-state index contributed by atoms with van der Waals surface area (Å²) in [5.74, 6) is -0.975. The molecule has 0 aromatic heterocycles. The summed E-state index contributed by atoms with van der Waals surface area (Å²) in [6.07, 6.45) is 3.70. The maximum atomic E-state index is 10.7. The molecule has 0 atom stereocenters. The van der Waals surface area contributed by atoms with Crippen LogP contribution < -0.4 is 4.90 Å². The van der Waals surface area contributed by atoms with Gasteiger partial charge in [0, 0.05) is 34.9 Å². The number of hydrogen-bond acceptors (Lipinski definition) is 2. The van der Waals surface area contributed by atoms with Crippen LogP contribution in [-0.2, 0) is 4.79 Å². The summed E-state index contributed by atoms with van der Waals surface area (Å²) >= 11 is 6.19. The predicted octanol–water partition coefficient (Wildman–Crippen LogP) is 4.06. The third kappa shape index (κ3) is 4.28. The average Bonchev–Trinajstić information content (AvgIpc) is 2.33. The highest BCUT2D eigenvalue weighted by atomic mass is 35.5. The number of carboxylic acid groups (broad SMARTS) is 1. The zero-order valence-electron chi connectivity index (χ0n) is 11.6. The quantitative estimate of drug-likeness (QED) is 0.799. The van der Waals surface area contributed by atoms with Crippen molar-refractivity contribution in [1.29, 1.82) is 0 Å². The van der Waals surface area contributed by atoms with Crippen LogP contribution in [0.2, 0.25) is 5.02 Å². The number of rotatable bonds is 6. The van der Waals surface area contributed by atoms with Crippen LogP contribution in [0.3, 0.4) is 0 Å². The number of halogens is 1. The summed E-state index contributed by atoms with van der Waals surface area (Å²) in [5, 5.41) is 9.33. The second kappa shape index (κ2) is 7.19. The smallest absolute Gasteiger partial charge is 0.328 e. The van der Waals surface area contributed by atoms with E-state index in [4.69, 9.17) is 16.7 Å². The molecule has 1 aromatic carbocycles. The van der Waals surface area contributed by atoms with E-state index in [1.807, 2.05) is 12.1 Å². The SMILES string of the molecule is CCCN(c1cccc(Cl)c1/C=C/C(=O)O)C(C)C. The summed E-state index contributed by atoms with van der Waals surface area (Å²) < 4.78 is 0. The number of carbonyl (C=O) groups is 1. The third-order valence-electron chi connectivity index (χ3n) is 2.82. The fourth-order valence-corrected chi connectivity index (χ4v) is 2.23. The number of benzene rings is 1. The molecule has 0 aliphatic heterocycles. The summed E-state index contributed by atoms with van der Waals surface area (Å²) in [7, 11) is 0. The van der Waals surface area contributed by atoms with Gasteiger partial charge in [-0.05, 0) is 38.5 Å².